The van der Waals surface area contributed by atoms with Gasteiger partial charge in [0.15, 0.2) is 0 Å². The molecule has 4 rings (SSSR count). The molecular weight excluding hydrogens is 294 g/mol. The van der Waals surface area contributed by atoms with E-state index in [2.05, 4.69) is 48.5 Å². The predicted octanol–water partition coefficient (Wildman–Crippen LogP) is 4.70. The minimum Gasteiger partial charge on any atom is -0.373 e. The first-order valence-electron chi connectivity index (χ1n) is 9.29. The van der Waals surface area contributed by atoms with Gasteiger partial charge in [0.05, 0.1) is 12.7 Å². The second-order valence-electron chi connectivity index (χ2n) is 7.51. The molecule has 2 nitrogen and oxygen atoms in total. The van der Waals surface area contributed by atoms with Crippen molar-refractivity contribution in [3.05, 3.63) is 59.7 Å². The number of rotatable bonds is 6. The van der Waals surface area contributed by atoms with Crippen molar-refractivity contribution in [1.29, 1.82) is 0 Å². The predicted molar refractivity (Wildman–Crippen MR) is 98.7 cm³/mol. The average molecular weight is 321 g/mol. The lowest BCUT2D eigenvalue weighted by Gasteiger charge is -2.10. The summed E-state index contributed by atoms with van der Waals surface area (Å²) >= 11 is 0. The average Bonchev–Trinajstić information content (AvgIpc) is 3.07. The Morgan fingerprint density at radius 1 is 0.875 bits per heavy atom. The van der Waals surface area contributed by atoms with E-state index < -0.39 is 0 Å². The highest BCUT2D eigenvalue weighted by molar-refractivity contribution is 5.63. The third-order valence-corrected chi connectivity index (χ3v) is 5.84. The van der Waals surface area contributed by atoms with Gasteiger partial charge in [0.25, 0.3) is 0 Å². The molecule has 24 heavy (non-hydrogen) atoms. The van der Waals surface area contributed by atoms with E-state index in [1.165, 1.54) is 54.4 Å². The maximum Gasteiger partial charge on any atom is 0.0720 e. The summed E-state index contributed by atoms with van der Waals surface area (Å²) in [6, 6.07) is 17.5. The van der Waals surface area contributed by atoms with E-state index in [9.17, 15) is 0 Å². The topological polar surface area (TPSA) is 35.2 Å². The highest BCUT2D eigenvalue weighted by Crippen LogP contribution is 2.59. The second kappa shape index (κ2) is 6.70. The fourth-order valence-corrected chi connectivity index (χ4v) is 4.17. The highest BCUT2D eigenvalue weighted by atomic mass is 16.5. The molecule has 0 saturated heterocycles. The Morgan fingerprint density at radius 2 is 1.46 bits per heavy atom. The first-order chi connectivity index (χ1) is 11.8. The van der Waals surface area contributed by atoms with Gasteiger partial charge in [0.2, 0.25) is 0 Å². The molecule has 2 N–H and O–H groups in total. The van der Waals surface area contributed by atoms with Crippen LogP contribution < -0.4 is 5.73 Å². The van der Waals surface area contributed by atoms with Gasteiger partial charge in [-0.15, -0.1) is 0 Å². The van der Waals surface area contributed by atoms with Crippen LogP contribution in [0.5, 0.6) is 0 Å². The number of hydrogen-bond donors (Lipinski definition) is 1. The van der Waals surface area contributed by atoms with E-state index in [4.69, 9.17) is 10.5 Å². The maximum atomic E-state index is 6.15. The lowest BCUT2D eigenvalue weighted by atomic mass is 10.0. The molecule has 2 aromatic carbocycles. The Labute approximate surface area is 145 Å². The van der Waals surface area contributed by atoms with Crippen LogP contribution in [0.2, 0.25) is 0 Å². The fraction of sp³-hybridized carbons (Fsp3) is 0.455. The van der Waals surface area contributed by atoms with E-state index in [1.807, 2.05) is 0 Å². The summed E-state index contributed by atoms with van der Waals surface area (Å²) in [5.74, 6) is 0. The van der Waals surface area contributed by atoms with Crippen molar-refractivity contribution in [2.75, 3.05) is 6.54 Å². The summed E-state index contributed by atoms with van der Waals surface area (Å²) < 4.78 is 6.15. The molecule has 2 aliphatic carbocycles. The zero-order chi connectivity index (χ0) is 16.4. The van der Waals surface area contributed by atoms with Crippen molar-refractivity contribution >= 4 is 0 Å². The molecule has 1 spiro atoms. The Bertz CT molecular complexity index is 668. The zero-order valence-electron chi connectivity index (χ0n) is 14.3. The van der Waals surface area contributed by atoms with E-state index in [-0.39, 0.29) is 0 Å². The fourth-order valence-electron chi connectivity index (χ4n) is 4.17. The monoisotopic (exact) mass is 321 g/mol. The molecule has 126 valence electrons. The normalized spacial score (nSPS) is 21.3. The summed E-state index contributed by atoms with van der Waals surface area (Å²) in [6.45, 7) is 1.46. The van der Waals surface area contributed by atoms with Crippen molar-refractivity contribution in [2.24, 2.45) is 11.1 Å². The lowest BCUT2D eigenvalue weighted by Crippen LogP contribution is -2.05. The van der Waals surface area contributed by atoms with Gasteiger partial charge >= 0.3 is 0 Å². The van der Waals surface area contributed by atoms with Gasteiger partial charge in [-0.05, 0) is 59.9 Å². The molecular formula is C22H27NO. The van der Waals surface area contributed by atoms with Gasteiger partial charge < -0.3 is 10.5 Å². The molecule has 0 aromatic heterocycles. The SMILES string of the molecule is NCCc1ccc(-c2ccc(COC3CC34CCCC4)cc2)cc1. The first-order valence-corrected chi connectivity index (χ1v) is 9.29. The second-order valence-corrected chi connectivity index (χ2v) is 7.51. The Kier molecular flexibility index (Phi) is 4.43. The van der Waals surface area contributed by atoms with Crippen LogP contribution in [0.15, 0.2) is 48.5 Å². The minimum absolute atomic E-state index is 0.523. The molecule has 0 aliphatic heterocycles. The smallest absolute Gasteiger partial charge is 0.0720 e. The van der Waals surface area contributed by atoms with Crippen LogP contribution in [0.1, 0.15) is 43.2 Å². The van der Waals surface area contributed by atoms with Gasteiger partial charge in [-0.1, -0.05) is 61.4 Å². The zero-order valence-corrected chi connectivity index (χ0v) is 14.3. The molecule has 2 aromatic rings. The van der Waals surface area contributed by atoms with Crippen LogP contribution in [-0.4, -0.2) is 12.6 Å². The summed E-state index contributed by atoms with van der Waals surface area (Å²) in [5, 5.41) is 0. The van der Waals surface area contributed by atoms with Crippen LogP contribution in [0.4, 0.5) is 0 Å². The number of benzene rings is 2. The molecule has 1 atom stereocenters. The minimum atomic E-state index is 0.523. The highest BCUT2D eigenvalue weighted by Gasteiger charge is 2.55. The largest absolute Gasteiger partial charge is 0.373 e. The van der Waals surface area contributed by atoms with Crippen LogP contribution >= 0.6 is 0 Å². The molecule has 0 heterocycles. The standard InChI is InChI=1S/C22H27NO/c23-14-11-17-3-7-19(8-4-17)20-9-5-18(6-10-20)16-24-21-15-22(21)12-1-2-13-22/h3-10,21H,1-2,11-16,23H2. The summed E-state index contributed by atoms with van der Waals surface area (Å²) in [6.07, 6.45) is 8.33. The van der Waals surface area contributed by atoms with Crippen LogP contribution in [0.25, 0.3) is 11.1 Å². The third kappa shape index (κ3) is 3.26. The molecule has 0 amide bonds. The Balaban J connectivity index is 1.34. The molecule has 0 radical (unpaired) electrons. The van der Waals surface area contributed by atoms with Gasteiger partial charge in [-0.3, -0.25) is 0 Å². The van der Waals surface area contributed by atoms with Gasteiger partial charge in [-0.25, -0.2) is 0 Å². The Morgan fingerprint density at radius 3 is 2.04 bits per heavy atom. The molecule has 0 bridgehead atoms. The van der Waals surface area contributed by atoms with Crippen LogP contribution in [0, 0.1) is 5.41 Å². The number of ether oxygens (including phenoxy) is 1. The van der Waals surface area contributed by atoms with Crippen molar-refractivity contribution in [2.45, 2.75) is 51.2 Å². The molecule has 2 saturated carbocycles. The van der Waals surface area contributed by atoms with E-state index in [1.54, 1.807) is 0 Å². The maximum absolute atomic E-state index is 6.15. The molecule has 1 unspecified atom stereocenters. The van der Waals surface area contributed by atoms with Crippen molar-refractivity contribution in [3.8, 4) is 11.1 Å². The quantitative estimate of drug-likeness (QED) is 0.836. The molecule has 2 fully saturated rings. The summed E-state index contributed by atoms with van der Waals surface area (Å²) in [4.78, 5) is 0. The third-order valence-electron chi connectivity index (χ3n) is 5.84. The summed E-state index contributed by atoms with van der Waals surface area (Å²) in [7, 11) is 0. The molecule has 2 aliphatic rings. The lowest BCUT2D eigenvalue weighted by molar-refractivity contribution is 0.0776. The number of hydrogen-bond acceptors (Lipinski definition) is 2. The Hall–Kier alpha value is -1.64. The van der Waals surface area contributed by atoms with Gasteiger partial charge in [-0.2, -0.15) is 0 Å². The van der Waals surface area contributed by atoms with Crippen molar-refractivity contribution in [1.82, 2.24) is 0 Å². The van der Waals surface area contributed by atoms with Crippen LogP contribution in [-0.2, 0) is 17.8 Å². The van der Waals surface area contributed by atoms with Crippen molar-refractivity contribution < 1.29 is 4.74 Å². The van der Waals surface area contributed by atoms with Crippen molar-refractivity contribution in [3.63, 3.8) is 0 Å². The van der Waals surface area contributed by atoms with Gasteiger partial charge in [0.1, 0.15) is 0 Å². The van der Waals surface area contributed by atoms with Gasteiger partial charge in [0, 0.05) is 0 Å². The van der Waals surface area contributed by atoms with E-state index in [0.717, 1.165) is 13.0 Å². The van der Waals surface area contributed by atoms with Crippen LogP contribution in [0.3, 0.4) is 0 Å². The molecule has 2 heteroatoms. The first kappa shape index (κ1) is 15.9. The van der Waals surface area contributed by atoms with E-state index in [0.29, 0.717) is 18.1 Å². The number of nitrogens with two attached hydrogens (primary N) is 1. The summed E-state index contributed by atoms with van der Waals surface area (Å²) in [5.41, 5.74) is 11.3. The van der Waals surface area contributed by atoms with E-state index >= 15 is 0 Å².